The number of benzene rings is 1. The highest BCUT2D eigenvalue weighted by Crippen LogP contribution is 2.34. The highest BCUT2D eigenvalue weighted by Gasteiger charge is 2.32. The topological polar surface area (TPSA) is 98.6 Å². The Labute approximate surface area is 173 Å². The second kappa shape index (κ2) is 6.79. The minimum Gasteiger partial charge on any atom is -0.463 e. The number of carbonyl (C=O) groups is 1. The number of amides is 1. The molecule has 30 heavy (non-hydrogen) atoms. The lowest BCUT2D eigenvalue weighted by molar-refractivity contribution is -0.118. The van der Waals surface area contributed by atoms with E-state index >= 15 is 0 Å². The number of hydrogen-bond acceptors (Lipinski definition) is 6. The van der Waals surface area contributed by atoms with Crippen LogP contribution in [0.3, 0.4) is 0 Å². The van der Waals surface area contributed by atoms with E-state index in [2.05, 4.69) is 35.8 Å². The number of halogens is 1. The van der Waals surface area contributed by atoms with Gasteiger partial charge < -0.3 is 15.4 Å². The van der Waals surface area contributed by atoms with Crippen molar-refractivity contribution < 1.29 is 13.9 Å². The predicted molar refractivity (Wildman–Crippen MR) is 110 cm³/mol. The zero-order valence-corrected chi connectivity index (χ0v) is 17.5. The third kappa shape index (κ3) is 3.26. The zero-order valence-electron chi connectivity index (χ0n) is 17.5. The molecule has 0 radical (unpaired) electrons. The van der Waals surface area contributed by atoms with E-state index in [1.54, 1.807) is 41.6 Å². The molecule has 2 aromatic heterocycles. The summed E-state index contributed by atoms with van der Waals surface area (Å²) in [6.45, 7) is 9.74. The van der Waals surface area contributed by atoms with Gasteiger partial charge in [0, 0.05) is 18.1 Å². The number of hydrogen-bond donors (Lipinski definition) is 1. The highest BCUT2D eigenvalue weighted by atomic mass is 19.1. The summed E-state index contributed by atoms with van der Waals surface area (Å²) in [6.07, 6.45) is 3.14. The Morgan fingerprint density at radius 3 is 2.67 bits per heavy atom. The molecule has 1 aromatic carbocycles. The summed E-state index contributed by atoms with van der Waals surface area (Å²) in [6, 6.07) is 4.58. The fourth-order valence-electron chi connectivity index (χ4n) is 3.45. The first kappa shape index (κ1) is 19.8. The molecule has 0 aliphatic carbocycles. The summed E-state index contributed by atoms with van der Waals surface area (Å²) in [7, 11) is 0. The zero-order chi connectivity index (χ0) is 21.8. The summed E-state index contributed by atoms with van der Waals surface area (Å²) in [5.74, 6) is -0.412. The predicted octanol–water partition coefficient (Wildman–Crippen LogP) is 3.13. The third-order valence-corrected chi connectivity index (χ3v) is 5.09. The van der Waals surface area contributed by atoms with E-state index in [9.17, 15) is 9.18 Å². The van der Waals surface area contributed by atoms with E-state index in [4.69, 9.17) is 10.5 Å². The quantitative estimate of drug-likeness (QED) is 0.712. The number of primary amides is 1. The van der Waals surface area contributed by atoms with E-state index < -0.39 is 18.0 Å². The number of carbonyl (C=O) groups excluding carboxylic acids is 1. The maximum Gasteiger partial charge on any atom is 0.285 e. The van der Waals surface area contributed by atoms with Gasteiger partial charge in [-0.05, 0) is 43.0 Å². The minimum absolute atomic E-state index is 0.0955. The first-order valence-electron chi connectivity index (χ1n) is 9.55. The van der Waals surface area contributed by atoms with Crippen molar-refractivity contribution in [3.8, 4) is 11.4 Å². The Hall–Kier alpha value is -3.49. The van der Waals surface area contributed by atoms with Gasteiger partial charge in [0.1, 0.15) is 5.82 Å². The van der Waals surface area contributed by atoms with Crippen molar-refractivity contribution in [2.24, 2.45) is 5.73 Å². The molecule has 4 rings (SSSR count). The van der Waals surface area contributed by atoms with Crippen LogP contribution in [-0.4, -0.2) is 31.7 Å². The molecule has 3 aromatic rings. The third-order valence-electron chi connectivity index (χ3n) is 5.09. The average molecular weight is 410 g/mol. The van der Waals surface area contributed by atoms with Crippen LogP contribution in [-0.2, 0) is 14.9 Å². The Kier molecular flexibility index (Phi) is 4.48. The lowest BCUT2D eigenvalue weighted by Crippen LogP contribution is -2.27. The Balaban J connectivity index is 1.78. The van der Waals surface area contributed by atoms with Crippen molar-refractivity contribution >= 4 is 17.4 Å². The van der Waals surface area contributed by atoms with Gasteiger partial charge in [0.05, 0.1) is 11.3 Å². The van der Waals surface area contributed by atoms with Crippen molar-refractivity contribution in [1.29, 1.82) is 0 Å². The molecule has 1 atom stereocenters. The fraction of sp³-hybridized carbons (Fsp3) is 0.333. The van der Waals surface area contributed by atoms with Crippen LogP contribution in [0, 0.1) is 5.82 Å². The normalized spacial score (nSPS) is 17.0. The van der Waals surface area contributed by atoms with Crippen LogP contribution in [0.15, 0.2) is 42.0 Å². The van der Waals surface area contributed by atoms with Gasteiger partial charge in [0.25, 0.3) is 11.7 Å². The molecule has 2 N–H and O–H groups in total. The van der Waals surface area contributed by atoms with Gasteiger partial charge in [-0.15, -0.1) is 5.10 Å². The molecule has 1 aliphatic heterocycles. The summed E-state index contributed by atoms with van der Waals surface area (Å²) in [5.41, 5.74) is 7.69. The molecule has 1 aliphatic rings. The maximum atomic E-state index is 14.7. The number of nitrogens with two attached hydrogens (primary N) is 1. The van der Waals surface area contributed by atoms with E-state index in [-0.39, 0.29) is 22.6 Å². The van der Waals surface area contributed by atoms with E-state index in [1.807, 2.05) is 6.20 Å². The highest BCUT2D eigenvalue weighted by molar-refractivity contribution is 5.92. The molecule has 9 heteroatoms. The Morgan fingerprint density at radius 2 is 2.03 bits per heavy atom. The van der Waals surface area contributed by atoms with Crippen LogP contribution >= 0.6 is 0 Å². The van der Waals surface area contributed by atoms with Gasteiger partial charge in [-0.25, -0.2) is 13.9 Å². The smallest absolute Gasteiger partial charge is 0.285 e. The van der Waals surface area contributed by atoms with Crippen LogP contribution in [0.2, 0.25) is 0 Å². The number of rotatable bonds is 3. The monoisotopic (exact) mass is 410 g/mol. The van der Waals surface area contributed by atoms with Crippen LogP contribution in [0.5, 0.6) is 0 Å². The molecule has 0 saturated carbocycles. The number of aromatic nitrogens is 4. The van der Waals surface area contributed by atoms with Crippen LogP contribution in [0.4, 0.5) is 10.1 Å². The van der Waals surface area contributed by atoms with Crippen LogP contribution < -0.4 is 10.6 Å². The lowest BCUT2D eigenvalue weighted by atomic mass is 9.89. The summed E-state index contributed by atoms with van der Waals surface area (Å²) in [5, 5.41) is 4.43. The fourth-order valence-corrected chi connectivity index (χ4v) is 3.45. The largest absolute Gasteiger partial charge is 0.463 e. The molecular weight excluding hydrogens is 387 g/mol. The van der Waals surface area contributed by atoms with Crippen molar-refractivity contribution in [2.75, 3.05) is 4.90 Å². The Morgan fingerprint density at radius 1 is 1.30 bits per heavy atom. The molecular formula is C21H23FN6O2. The standard InChI is InChI=1S/C21H23FN6O2/c1-11-17(18(23)29)30-12(2)28(11)14-6-7-16(22)15(8-14)19-25-20-24-9-13(21(3,4)5)10-27(20)26-19/h6-10,12H,1-5H3,(H2,23,29). The summed E-state index contributed by atoms with van der Waals surface area (Å²) >= 11 is 0. The molecule has 1 unspecified atom stereocenters. The summed E-state index contributed by atoms with van der Waals surface area (Å²) in [4.78, 5) is 22.1. The van der Waals surface area contributed by atoms with Crippen molar-refractivity contribution in [3.05, 3.63) is 53.4 Å². The van der Waals surface area contributed by atoms with E-state index in [0.29, 0.717) is 17.2 Å². The lowest BCUT2D eigenvalue weighted by Gasteiger charge is -2.24. The van der Waals surface area contributed by atoms with Gasteiger partial charge in [-0.1, -0.05) is 20.8 Å². The maximum absolute atomic E-state index is 14.7. The van der Waals surface area contributed by atoms with Gasteiger partial charge in [-0.3, -0.25) is 4.79 Å². The van der Waals surface area contributed by atoms with Crippen molar-refractivity contribution in [3.63, 3.8) is 0 Å². The molecule has 1 amide bonds. The van der Waals surface area contributed by atoms with Crippen molar-refractivity contribution in [2.45, 2.75) is 46.3 Å². The number of nitrogens with zero attached hydrogens (tertiary/aromatic N) is 5. The number of anilines is 1. The van der Waals surface area contributed by atoms with Crippen LogP contribution in [0.1, 0.15) is 40.2 Å². The second-order valence-electron chi connectivity index (χ2n) is 8.30. The second-order valence-corrected chi connectivity index (χ2v) is 8.30. The number of ether oxygens (including phenoxy) is 1. The molecule has 0 spiro atoms. The first-order chi connectivity index (χ1) is 14.1. The molecule has 0 bridgehead atoms. The SMILES string of the molecule is CC1=C(C(N)=O)OC(C)N1c1ccc(F)c(-c2nc3ncc(C(C)(C)C)cn3n2)c1. The number of allylic oxidation sites excluding steroid dienone is 1. The van der Waals surface area contributed by atoms with Crippen molar-refractivity contribution in [1.82, 2.24) is 19.6 Å². The molecule has 156 valence electrons. The molecule has 0 saturated heterocycles. The van der Waals surface area contributed by atoms with Gasteiger partial charge >= 0.3 is 0 Å². The average Bonchev–Trinajstić information content (AvgIpc) is 3.21. The summed E-state index contributed by atoms with van der Waals surface area (Å²) < 4.78 is 21.8. The molecule has 0 fully saturated rings. The van der Waals surface area contributed by atoms with Gasteiger partial charge in [0.2, 0.25) is 5.76 Å². The molecule has 3 heterocycles. The van der Waals surface area contributed by atoms with E-state index in [1.165, 1.54) is 6.07 Å². The molecule has 8 nitrogen and oxygen atoms in total. The van der Waals surface area contributed by atoms with Crippen LogP contribution in [0.25, 0.3) is 17.2 Å². The Bertz CT molecular complexity index is 1190. The first-order valence-corrected chi connectivity index (χ1v) is 9.55. The van der Waals surface area contributed by atoms with Gasteiger partial charge in [-0.2, -0.15) is 4.98 Å². The van der Waals surface area contributed by atoms with E-state index in [0.717, 1.165) is 5.56 Å². The number of fused-ring (bicyclic) bond motifs is 1. The van der Waals surface area contributed by atoms with Gasteiger partial charge in [0.15, 0.2) is 12.1 Å². The minimum atomic E-state index is -0.646.